The van der Waals surface area contributed by atoms with E-state index in [1.807, 2.05) is 12.1 Å². The predicted octanol–water partition coefficient (Wildman–Crippen LogP) is 1.97. The van der Waals surface area contributed by atoms with E-state index in [2.05, 4.69) is 19.2 Å². The van der Waals surface area contributed by atoms with Crippen LogP contribution in [0.1, 0.15) is 32.3 Å². The van der Waals surface area contributed by atoms with Crippen molar-refractivity contribution in [3.05, 3.63) is 29.8 Å². The van der Waals surface area contributed by atoms with E-state index in [-0.39, 0.29) is 0 Å². The SMILES string of the molecule is CC(C)NCc1ccc(S(=O)(=O)N2CCCC2)cc1. The summed E-state index contributed by atoms with van der Waals surface area (Å²) in [6, 6.07) is 7.63. The fourth-order valence-electron chi connectivity index (χ4n) is 2.18. The van der Waals surface area contributed by atoms with Gasteiger partial charge in [0.25, 0.3) is 0 Å². The van der Waals surface area contributed by atoms with E-state index in [1.54, 1.807) is 16.4 Å². The van der Waals surface area contributed by atoms with Gasteiger partial charge in [0.15, 0.2) is 0 Å². The molecule has 1 aromatic carbocycles. The topological polar surface area (TPSA) is 49.4 Å². The summed E-state index contributed by atoms with van der Waals surface area (Å²) in [4.78, 5) is 0.405. The maximum absolute atomic E-state index is 12.3. The minimum atomic E-state index is -3.27. The van der Waals surface area contributed by atoms with E-state index in [0.717, 1.165) is 24.9 Å². The molecule has 0 atom stereocenters. The molecule has 1 saturated heterocycles. The molecule has 0 bridgehead atoms. The van der Waals surface area contributed by atoms with E-state index < -0.39 is 10.0 Å². The molecule has 0 unspecified atom stereocenters. The van der Waals surface area contributed by atoms with Crippen LogP contribution in [0.5, 0.6) is 0 Å². The molecular formula is C14H22N2O2S. The van der Waals surface area contributed by atoms with Crippen molar-refractivity contribution < 1.29 is 8.42 Å². The average molecular weight is 282 g/mol. The van der Waals surface area contributed by atoms with Gasteiger partial charge in [-0.2, -0.15) is 4.31 Å². The molecule has 0 aliphatic carbocycles. The zero-order valence-electron chi connectivity index (χ0n) is 11.6. The largest absolute Gasteiger partial charge is 0.310 e. The summed E-state index contributed by atoms with van der Waals surface area (Å²) in [5.41, 5.74) is 1.11. The van der Waals surface area contributed by atoms with Crippen LogP contribution in [0, 0.1) is 0 Å². The minimum Gasteiger partial charge on any atom is -0.310 e. The lowest BCUT2D eigenvalue weighted by molar-refractivity contribution is 0.477. The molecule has 0 radical (unpaired) electrons. The Balaban J connectivity index is 2.09. The van der Waals surface area contributed by atoms with Gasteiger partial charge in [0.2, 0.25) is 10.0 Å². The first-order valence-electron chi connectivity index (χ1n) is 6.82. The monoisotopic (exact) mass is 282 g/mol. The Kier molecular flexibility index (Phi) is 4.60. The molecule has 106 valence electrons. The van der Waals surface area contributed by atoms with Crippen molar-refractivity contribution in [3.63, 3.8) is 0 Å². The fourth-order valence-corrected chi connectivity index (χ4v) is 3.70. The Morgan fingerprint density at radius 3 is 2.26 bits per heavy atom. The first kappa shape index (κ1) is 14.5. The summed E-state index contributed by atoms with van der Waals surface area (Å²) < 4.78 is 26.2. The molecule has 0 saturated carbocycles. The Morgan fingerprint density at radius 2 is 1.74 bits per heavy atom. The van der Waals surface area contributed by atoms with Crippen LogP contribution in [0.3, 0.4) is 0 Å². The number of hydrogen-bond acceptors (Lipinski definition) is 3. The molecule has 19 heavy (non-hydrogen) atoms. The van der Waals surface area contributed by atoms with E-state index in [1.165, 1.54) is 0 Å². The van der Waals surface area contributed by atoms with Crippen molar-refractivity contribution in [1.82, 2.24) is 9.62 Å². The second kappa shape index (κ2) is 6.03. The van der Waals surface area contributed by atoms with Crippen LogP contribution in [0.25, 0.3) is 0 Å². The van der Waals surface area contributed by atoms with E-state index in [0.29, 0.717) is 24.0 Å². The van der Waals surface area contributed by atoms with Gasteiger partial charge in [-0.05, 0) is 30.5 Å². The van der Waals surface area contributed by atoms with Crippen molar-refractivity contribution in [1.29, 1.82) is 0 Å². The zero-order chi connectivity index (χ0) is 13.9. The Morgan fingerprint density at radius 1 is 1.16 bits per heavy atom. The third-order valence-electron chi connectivity index (χ3n) is 3.34. The van der Waals surface area contributed by atoms with Crippen molar-refractivity contribution in [2.45, 2.75) is 44.2 Å². The predicted molar refractivity (Wildman–Crippen MR) is 76.4 cm³/mol. The van der Waals surface area contributed by atoms with E-state index in [4.69, 9.17) is 0 Å². The zero-order valence-corrected chi connectivity index (χ0v) is 12.4. The first-order valence-corrected chi connectivity index (χ1v) is 8.26. The summed E-state index contributed by atoms with van der Waals surface area (Å²) in [6.45, 7) is 6.25. The first-order chi connectivity index (χ1) is 9.00. The summed E-state index contributed by atoms with van der Waals surface area (Å²) in [7, 11) is -3.27. The van der Waals surface area contributed by atoms with Crippen molar-refractivity contribution in [2.75, 3.05) is 13.1 Å². The molecule has 1 N–H and O–H groups in total. The Hall–Kier alpha value is -0.910. The van der Waals surface area contributed by atoms with E-state index in [9.17, 15) is 8.42 Å². The number of sulfonamides is 1. The van der Waals surface area contributed by atoms with Gasteiger partial charge >= 0.3 is 0 Å². The molecule has 1 aromatic rings. The highest BCUT2D eigenvalue weighted by atomic mass is 32.2. The number of rotatable bonds is 5. The standard InChI is InChI=1S/C14H22N2O2S/c1-12(2)15-11-13-5-7-14(8-6-13)19(17,18)16-9-3-4-10-16/h5-8,12,15H,3-4,9-11H2,1-2H3. The molecule has 5 heteroatoms. The average Bonchev–Trinajstić information content (AvgIpc) is 2.91. The highest BCUT2D eigenvalue weighted by Gasteiger charge is 2.26. The highest BCUT2D eigenvalue weighted by molar-refractivity contribution is 7.89. The maximum atomic E-state index is 12.3. The number of nitrogens with zero attached hydrogens (tertiary/aromatic N) is 1. The van der Waals surface area contributed by atoms with Crippen LogP contribution in [-0.2, 0) is 16.6 Å². The Bertz CT molecular complexity index is 503. The van der Waals surface area contributed by atoms with Gasteiger partial charge in [-0.25, -0.2) is 8.42 Å². The molecule has 0 spiro atoms. The minimum absolute atomic E-state index is 0.405. The number of nitrogens with one attached hydrogen (secondary N) is 1. The van der Waals surface area contributed by atoms with Crippen LogP contribution >= 0.6 is 0 Å². The number of benzene rings is 1. The van der Waals surface area contributed by atoms with Crippen LogP contribution in [0.2, 0.25) is 0 Å². The van der Waals surface area contributed by atoms with Gasteiger partial charge in [0.05, 0.1) is 4.90 Å². The normalized spacial score (nSPS) is 17.2. The molecule has 1 aliphatic rings. The van der Waals surface area contributed by atoms with Crippen LogP contribution in [-0.4, -0.2) is 31.9 Å². The molecule has 1 fully saturated rings. The smallest absolute Gasteiger partial charge is 0.243 e. The molecular weight excluding hydrogens is 260 g/mol. The summed E-state index contributed by atoms with van der Waals surface area (Å²) in [6.07, 6.45) is 1.94. The van der Waals surface area contributed by atoms with Gasteiger partial charge < -0.3 is 5.32 Å². The lowest BCUT2D eigenvalue weighted by Crippen LogP contribution is -2.27. The molecule has 4 nitrogen and oxygen atoms in total. The molecule has 0 amide bonds. The number of hydrogen-bond donors (Lipinski definition) is 1. The third-order valence-corrected chi connectivity index (χ3v) is 5.25. The van der Waals surface area contributed by atoms with Gasteiger partial charge in [-0.3, -0.25) is 0 Å². The summed E-state index contributed by atoms with van der Waals surface area (Å²) >= 11 is 0. The van der Waals surface area contributed by atoms with Gasteiger partial charge in [0, 0.05) is 25.7 Å². The maximum Gasteiger partial charge on any atom is 0.243 e. The van der Waals surface area contributed by atoms with Gasteiger partial charge in [-0.15, -0.1) is 0 Å². The van der Waals surface area contributed by atoms with Gasteiger partial charge in [-0.1, -0.05) is 26.0 Å². The quantitative estimate of drug-likeness (QED) is 0.898. The molecule has 2 rings (SSSR count). The van der Waals surface area contributed by atoms with Gasteiger partial charge in [0.1, 0.15) is 0 Å². The highest BCUT2D eigenvalue weighted by Crippen LogP contribution is 2.20. The van der Waals surface area contributed by atoms with Crippen LogP contribution < -0.4 is 5.32 Å². The lowest BCUT2D eigenvalue weighted by Gasteiger charge is -2.15. The van der Waals surface area contributed by atoms with E-state index >= 15 is 0 Å². The fraction of sp³-hybridized carbons (Fsp3) is 0.571. The Labute approximate surface area is 115 Å². The second-order valence-electron chi connectivity index (χ2n) is 5.29. The molecule has 1 aliphatic heterocycles. The van der Waals surface area contributed by atoms with Crippen molar-refractivity contribution >= 4 is 10.0 Å². The van der Waals surface area contributed by atoms with Crippen LogP contribution in [0.15, 0.2) is 29.2 Å². The van der Waals surface area contributed by atoms with Crippen molar-refractivity contribution in [2.24, 2.45) is 0 Å². The third kappa shape index (κ3) is 3.55. The lowest BCUT2D eigenvalue weighted by atomic mass is 10.2. The van der Waals surface area contributed by atoms with Crippen LogP contribution in [0.4, 0.5) is 0 Å². The second-order valence-corrected chi connectivity index (χ2v) is 7.23. The summed E-state index contributed by atoms with van der Waals surface area (Å²) in [5.74, 6) is 0. The summed E-state index contributed by atoms with van der Waals surface area (Å²) in [5, 5.41) is 3.32. The molecule has 1 heterocycles. The molecule has 0 aromatic heterocycles. The van der Waals surface area contributed by atoms with Crippen molar-refractivity contribution in [3.8, 4) is 0 Å².